The Labute approximate surface area is 137 Å². The predicted octanol–water partition coefficient (Wildman–Crippen LogP) is 3.50. The molecule has 1 aromatic carbocycles. The molecule has 2 heterocycles. The highest BCUT2D eigenvalue weighted by atomic mass is 19.1. The SMILES string of the molecule is Cc1ccc(F)cc1C(=O)O[C@H](C)c1nc(-c2cccnc2)no1. The normalized spacial score (nSPS) is 12.0. The van der Waals surface area contributed by atoms with Gasteiger partial charge in [-0.3, -0.25) is 4.98 Å². The van der Waals surface area contributed by atoms with Crippen molar-refractivity contribution in [3.63, 3.8) is 0 Å². The molecule has 0 spiro atoms. The van der Waals surface area contributed by atoms with E-state index in [4.69, 9.17) is 9.26 Å². The minimum Gasteiger partial charge on any atom is -0.449 e. The van der Waals surface area contributed by atoms with Crippen LogP contribution in [0.15, 0.2) is 47.2 Å². The third-order valence-electron chi connectivity index (χ3n) is 3.41. The van der Waals surface area contributed by atoms with Crippen molar-refractivity contribution < 1.29 is 18.4 Å². The Kier molecular flexibility index (Phi) is 4.33. The Morgan fingerprint density at radius 1 is 1.33 bits per heavy atom. The lowest BCUT2D eigenvalue weighted by Crippen LogP contribution is -2.11. The lowest BCUT2D eigenvalue weighted by atomic mass is 10.1. The number of halogens is 1. The maximum Gasteiger partial charge on any atom is 0.339 e. The topological polar surface area (TPSA) is 78.1 Å². The van der Waals surface area contributed by atoms with E-state index in [0.717, 1.165) is 6.07 Å². The van der Waals surface area contributed by atoms with Crippen molar-refractivity contribution in [2.45, 2.75) is 20.0 Å². The number of benzene rings is 1. The van der Waals surface area contributed by atoms with Gasteiger partial charge in [0.25, 0.3) is 5.89 Å². The molecule has 0 bridgehead atoms. The summed E-state index contributed by atoms with van der Waals surface area (Å²) in [6.07, 6.45) is 2.47. The van der Waals surface area contributed by atoms with Crippen LogP contribution in [0.1, 0.15) is 34.8 Å². The largest absolute Gasteiger partial charge is 0.449 e. The van der Waals surface area contributed by atoms with Gasteiger partial charge in [0.05, 0.1) is 5.56 Å². The summed E-state index contributed by atoms with van der Waals surface area (Å²) in [5, 5.41) is 3.84. The van der Waals surface area contributed by atoms with Gasteiger partial charge in [-0.05, 0) is 43.7 Å². The van der Waals surface area contributed by atoms with Gasteiger partial charge < -0.3 is 9.26 Å². The van der Waals surface area contributed by atoms with Crippen LogP contribution in [0.25, 0.3) is 11.4 Å². The number of hydrogen-bond donors (Lipinski definition) is 0. The van der Waals surface area contributed by atoms with Crippen molar-refractivity contribution in [2.24, 2.45) is 0 Å². The lowest BCUT2D eigenvalue weighted by molar-refractivity contribution is 0.0264. The van der Waals surface area contributed by atoms with E-state index in [9.17, 15) is 9.18 Å². The number of ether oxygens (including phenoxy) is 1. The summed E-state index contributed by atoms with van der Waals surface area (Å²) in [7, 11) is 0. The van der Waals surface area contributed by atoms with Crippen LogP contribution in [0.4, 0.5) is 4.39 Å². The molecule has 122 valence electrons. The molecule has 0 saturated carbocycles. The summed E-state index contributed by atoms with van der Waals surface area (Å²) in [6.45, 7) is 3.31. The average Bonchev–Trinajstić information content (AvgIpc) is 3.08. The van der Waals surface area contributed by atoms with Gasteiger partial charge in [-0.15, -0.1) is 0 Å². The number of esters is 1. The molecule has 3 aromatic rings. The van der Waals surface area contributed by atoms with E-state index >= 15 is 0 Å². The molecule has 6 nitrogen and oxygen atoms in total. The molecule has 0 fully saturated rings. The highest BCUT2D eigenvalue weighted by Crippen LogP contribution is 2.22. The molecule has 1 atom stereocenters. The molecular weight excluding hydrogens is 313 g/mol. The zero-order valence-electron chi connectivity index (χ0n) is 13.1. The smallest absolute Gasteiger partial charge is 0.339 e. The van der Waals surface area contributed by atoms with Crippen LogP contribution < -0.4 is 0 Å². The summed E-state index contributed by atoms with van der Waals surface area (Å²) in [5.41, 5.74) is 1.47. The molecule has 0 aliphatic carbocycles. The van der Waals surface area contributed by atoms with E-state index in [-0.39, 0.29) is 11.5 Å². The number of nitrogens with zero attached hydrogens (tertiary/aromatic N) is 3. The fraction of sp³-hybridized carbons (Fsp3) is 0.176. The van der Waals surface area contributed by atoms with Crippen molar-refractivity contribution in [3.05, 3.63) is 65.6 Å². The molecular formula is C17H14FN3O3. The Morgan fingerprint density at radius 3 is 2.92 bits per heavy atom. The number of hydrogen-bond acceptors (Lipinski definition) is 6. The minimum atomic E-state index is -0.766. The van der Waals surface area contributed by atoms with Crippen LogP contribution in [0.2, 0.25) is 0 Å². The maximum atomic E-state index is 13.3. The quantitative estimate of drug-likeness (QED) is 0.683. The zero-order chi connectivity index (χ0) is 17.1. The van der Waals surface area contributed by atoms with Crippen molar-refractivity contribution in [1.82, 2.24) is 15.1 Å². The Balaban J connectivity index is 1.75. The molecule has 2 aromatic heterocycles. The first kappa shape index (κ1) is 15.8. The van der Waals surface area contributed by atoms with Crippen LogP contribution in [0.3, 0.4) is 0 Å². The second-order valence-electron chi connectivity index (χ2n) is 5.20. The molecule has 0 unspecified atom stereocenters. The van der Waals surface area contributed by atoms with Gasteiger partial charge in [0.2, 0.25) is 5.82 Å². The van der Waals surface area contributed by atoms with Gasteiger partial charge in [0, 0.05) is 18.0 Å². The van der Waals surface area contributed by atoms with E-state index in [2.05, 4.69) is 15.1 Å². The summed E-state index contributed by atoms with van der Waals surface area (Å²) in [5.74, 6) is -0.656. The minimum absolute atomic E-state index is 0.149. The van der Waals surface area contributed by atoms with Crippen molar-refractivity contribution in [1.29, 1.82) is 0 Å². The molecule has 0 aliphatic rings. The first-order valence-corrected chi connectivity index (χ1v) is 7.25. The van der Waals surface area contributed by atoms with Crippen LogP contribution in [0, 0.1) is 12.7 Å². The van der Waals surface area contributed by atoms with E-state index in [1.54, 1.807) is 38.4 Å². The van der Waals surface area contributed by atoms with E-state index in [1.165, 1.54) is 12.1 Å². The van der Waals surface area contributed by atoms with E-state index in [0.29, 0.717) is 17.0 Å². The summed E-state index contributed by atoms with van der Waals surface area (Å²) < 4.78 is 23.7. The van der Waals surface area contributed by atoms with Crippen LogP contribution >= 0.6 is 0 Å². The molecule has 24 heavy (non-hydrogen) atoms. The van der Waals surface area contributed by atoms with Gasteiger partial charge in [-0.25, -0.2) is 9.18 Å². The fourth-order valence-electron chi connectivity index (χ4n) is 2.10. The van der Waals surface area contributed by atoms with Gasteiger partial charge >= 0.3 is 5.97 Å². The number of aromatic nitrogens is 3. The molecule has 0 amide bonds. The van der Waals surface area contributed by atoms with E-state index in [1.807, 2.05) is 0 Å². The Morgan fingerprint density at radius 2 is 2.17 bits per heavy atom. The van der Waals surface area contributed by atoms with E-state index < -0.39 is 17.9 Å². The third kappa shape index (κ3) is 3.29. The predicted molar refractivity (Wildman–Crippen MR) is 82.5 cm³/mol. The third-order valence-corrected chi connectivity index (χ3v) is 3.41. The first-order chi connectivity index (χ1) is 11.5. The van der Waals surface area contributed by atoms with Crippen molar-refractivity contribution >= 4 is 5.97 Å². The van der Waals surface area contributed by atoms with Crippen LogP contribution in [-0.2, 0) is 4.74 Å². The lowest BCUT2D eigenvalue weighted by Gasteiger charge is -2.10. The second-order valence-corrected chi connectivity index (χ2v) is 5.20. The van der Waals surface area contributed by atoms with Crippen molar-refractivity contribution in [3.8, 4) is 11.4 Å². The van der Waals surface area contributed by atoms with Gasteiger partial charge in [0.15, 0.2) is 6.10 Å². The molecule has 7 heteroatoms. The Hall–Kier alpha value is -3.09. The first-order valence-electron chi connectivity index (χ1n) is 7.25. The molecule has 0 N–H and O–H groups in total. The Bertz CT molecular complexity index is 865. The average molecular weight is 327 g/mol. The highest BCUT2D eigenvalue weighted by molar-refractivity contribution is 5.91. The van der Waals surface area contributed by atoms with Crippen LogP contribution in [-0.4, -0.2) is 21.1 Å². The molecule has 0 radical (unpaired) electrons. The van der Waals surface area contributed by atoms with Gasteiger partial charge in [-0.1, -0.05) is 11.2 Å². The standard InChI is InChI=1S/C17H14FN3O3/c1-10-5-6-13(18)8-14(10)17(22)23-11(2)16-20-15(21-24-16)12-4-3-7-19-9-12/h3-9,11H,1-2H3/t11-/m1/s1. The van der Waals surface area contributed by atoms with Crippen molar-refractivity contribution in [2.75, 3.05) is 0 Å². The number of carbonyl (C=O) groups excluding carboxylic acids is 1. The molecule has 3 rings (SSSR count). The molecule has 0 aliphatic heterocycles. The van der Waals surface area contributed by atoms with Gasteiger partial charge in [-0.2, -0.15) is 4.98 Å². The summed E-state index contributed by atoms with van der Waals surface area (Å²) >= 11 is 0. The van der Waals surface area contributed by atoms with Gasteiger partial charge in [0.1, 0.15) is 5.82 Å². The fourth-order valence-corrected chi connectivity index (χ4v) is 2.10. The number of pyridine rings is 1. The summed E-state index contributed by atoms with van der Waals surface area (Å²) in [4.78, 5) is 20.4. The highest BCUT2D eigenvalue weighted by Gasteiger charge is 2.21. The maximum absolute atomic E-state index is 13.3. The monoisotopic (exact) mass is 327 g/mol. The summed E-state index contributed by atoms with van der Waals surface area (Å²) in [6, 6.07) is 7.48. The molecule has 0 saturated heterocycles. The second kappa shape index (κ2) is 6.57. The number of aryl methyl sites for hydroxylation is 1. The zero-order valence-corrected chi connectivity index (χ0v) is 13.1. The number of carbonyl (C=O) groups is 1. The number of rotatable bonds is 4. The van der Waals surface area contributed by atoms with Crippen LogP contribution in [0.5, 0.6) is 0 Å².